The van der Waals surface area contributed by atoms with E-state index in [2.05, 4.69) is 15.5 Å². The average molecular weight is 381 g/mol. The highest BCUT2D eigenvalue weighted by Crippen LogP contribution is 2.29. The van der Waals surface area contributed by atoms with Gasteiger partial charge in [-0.15, -0.1) is 0 Å². The van der Waals surface area contributed by atoms with Gasteiger partial charge in [-0.1, -0.05) is 35.5 Å². The highest BCUT2D eigenvalue weighted by atomic mass is 16.5. The fourth-order valence-electron chi connectivity index (χ4n) is 2.85. The summed E-state index contributed by atoms with van der Waals surface area (Å²) in [6.45, 7) is 1.90. The van der Waals surface area contributed by atoms with Crippen LogP contribution in [0.2, 0.25) is 0 Å². The Hall–Kier alpha value is -3.35. The van der Waals surface area contributed by atoms with Gasteiger partial charge in [-0.05, 0) is 25.1 Å². The Morgan fingerprint density at radius 1 is 1.14 bits per heavy atom. The fourth-order valence-corrected chi connectivity index (χ4v) is 2.85. The lowest BCUT2D eigenvalue weighted by Crippen LogP contribution is -2.27. The number of benzene rings is 2. The second kappa shape index (κ2) is 9.03. The molecule has 0 aliphatic heterocycles. The van der Waals surface area contributed by atoms with Gasteiger partial charge in [-0.3, -0.25) is 4.79 Å². The maximum Gasteiger partial charge on any atom is 0.227 e. The van der Waals surface area contributed by atoms with Crippen LogP contribution in [0.1, 0.15) is 30.8 Å². The van der Waals surface area contributed by atoms with Crippen molar-refractivity contribution in [1.29, 1.82) is 0 Å². The molecule has 3 rings (SSSR count). The number of nitrogens with one attached hydrogen (secondary N) is 1. The van der Waals surface area contributed by atoms with Crippen molar-refractivity contribution in [3.63, 3.8) is 0 Å². The number of rotatable bonds is 8. The molecule has 1 N–H and O–H groups in total. The van der Waals surface area contributed by atoms with E-state index in [1.165, 1.54) is 0 Å². The first-order valence-corrected chi connectivity index (χ1v) is 9.00. The summed E-state index contributed by atoms with van der Waals surface area (Å²) in [5.74, 6) is 2.23. The number of hydrogen-bond donors (Lipinski definition) is 1. The molecular formula is C21H23N3O4. The Bertz CT molecular complexity index is 924. The number of amides is 1. The van der Waals surface area contributed by atoms with Gasteiger partial charge < -0.3 is 19.3 Å². The molecule has 0 saturated carbocycles. The van der Waals surface area contributed by atoms with Gasteiger partial charge >= 0.3 is 0 Å². The van der Waals surface area contributed by atoms with E-state index in [4.69, 9.17) is 14.0 Å². The summed E-state index contributed by atoms with van der Waals surface area (Å²) in [5, 5.41) is 6.93. The number of carbonyl (C=O) groups is 1. The number of hydrogen-bond acceptors (Lipinski definition) is 6. The molecule has 3 aromatic rings. The molecule has 2 aromatic carbocycles. The van der Waals surface area contributed by atoms with Crippen LogP contribution in [0, 0.1) is 0 Å². The first kappa shape index (κ1) is 19.4. The second-order valence-electron chi connectivity index (χ2n) is 6.27. The van der Waals surface area contributed by atoms with Crippen LogP contribution in [0.4, 0.5) is 0 Å². The number of aromatic nitrogens is 2. The van der Waals surface area contributed by atoms with Gasteiger partial charge in [0, 0.05) is 24.0 Å². The van der Waals surface area contributed by atoms with Crippen LogP contribution >= 0.6 is 0 Å². The van der Waals surface area contributed by atoms with Crippen LogP contribution in [-0.4, -0.2) is 30.3 Å². The number of ether oxygens (including phenoxy) is 2. The predicted octanol–water partition coefficient (Wildman–Crippen LogP) is 3.56. The van der Waals surface area contributed by atoms with Crippen LogP contribution in [0.15, 0.2) is 53.1 Å². The van der Waals surface area contributed by atoms with Gasteiger partial charge in [0.05, 0.1) is 20.3 Å². The van der Waals surface area contributed by atoms with E-state index in [0.29, 0.717) is 29.6 Å². The largest absolute Gasteiger partial charge is 0.497 e. The minimum atomic E-state index is -0.236. The van der Waals surface area contributed by atoms with Crippen molar-refractivity contribution in [2.75, 3.05) is 14.2 Å². The number of methoxy groups -OCH3 is 2. The van der Waals surface area contributed by atoms with Crippen LogP contribution in [-0.2, 0) is 11.2 Å². The molecule has 1 heterocycles. The van der Waals surface area contributed by atoms with Crippen LogP contribution in [0.5, 0.6) is 11.5 Å². The molecule has 0 radical (unpaired) electrons. The summed E-state index contributed by atoms with van der Waals surface area (Å²) < 4.78 is 15.9. The molecule has 1 aromatic heterocycles. The van der Waals surface area contributed by atoms with Gasteiger partial charge in [0.15, 0.2) is 0 Å². The molecule has 28 heavy (non-hydrogen) atoms. The number of nitrogens with zero attached hydrogens (tertiary/aromatic N) is 2. The Labute approximate surface area is 163 Å². The summed E-state index contributed by atoms with van der Waals surface area (Å²) >= 11 is 0. The maximum atomic E-state index is 12.4. The zero-order valence-corrected chi connectivity index (χ0v) is 16.1. The summed E-state index contributed by atoms with van der Waals surface area (Å²) in [4.78, 5) is 16.7. The molecule has 0 fully saturated rings. The number of carbonyl (C=O) groups excluding carboxylic acids is 1. The molecule has 0 bridgehead atoms. The lowest BCUT2D eigenvalue weighted by molar-refractivity contribution is -0.121. The first-order chi connectivity index (χ1) is 13.6. The molecule has 1 amide bonds. The van der Waals surface area contributed by atoms with Crippen molar-refractivity contribution < 1.29 is 18.8 Å². The third-order valence-electron chi connectivity index (χ3n) is 4.35. The summed E-state index contributed by atoms with van der Waals surface area (Å²) in [6, 6.07) is 14.8. The molecule has 1 unspecified atom stereocenters. The van der Waals surface area contributed by atoms with E-state index < -0.39 is 0 Å². The number of aryl methyl sites for hydroxylation is 1. The van der Waals surface area contributed by atoms with Gasteiger partial charge in [-0.25, -0.2) is 0 Å². The Balaban J connectivity index is 1.58. The van der Waals surface area contributed by atoms with Crippen LogP contribution in [0.25, 0.3) is 11.4 Å². The highest BCUT2D eigenvalue weighted by Gasteiger charge is 2.16. The average Bonchev–Trinajstić information content (AvgIpc) is 3.21. The summed E-state index contributed by atoms with van der Waals surface area (Å²) in [5.41, 5.74) is 1.72. The third kappa shape index (κ3) is 4.68. The SMILES string of the molecule is COc1ccc(OC)c(C(C)NC(=O)CCc2nc(-c3ccccc3)no2)c1. The lowest BCUT2D eigenvalue weighted by Gasteiger charge is -2.18. The van der Waals surface area contributed by atoms with E-state index >= 15 is 0 Å². The fraction of sp³-hybridized carbons (Fsp3) is 0.286. The molecule has 146 valence electrons. The zero-order valence-electron chi connectivity index (χ0n) is 16.1. The molecule has 0 aliphatic carbocycles. The van der Waals surface area contributed by atoms with E-state index in [1.54, 1.807) is 14.2 Å². The normalized spacial score (nSPS) is 11.7. The zero-order chi connectivity index (χ0) is 19.9. The molecular weight excluding hydrogens is 358 g/mol. The first-order valence-electron chi connectivity index (χ1n) is 9.00. The van der Waals surface area contributed by atoms with E-state index in [0.717, 1.165) is 11.1 Å². The van der Waals surface area contributed by atoms with Gasteiger partial charge in [0.2, 0.25) is 17.6 Å². The van der Waals surface area contributed by atoms with Crippen molar-refractivity contribution in [2.45, 2.75) is 25.8 Å². The van der Waals surface area contributed by atoms with Crippen molar-refractivity contribution in [3.8, 4) is 22.9 Å². The van der Waals surface area contributed by atoms with Crippen molar-refractivity contribution in [3.05, 3.63) is 60.0 Å². The molecule has 7 heteroatoms. The van der Waals surface area contributed by atoms with Gasteiger partial charge in [0.1, 0.15) is 11.5 Å². The Morgan fingerprint density at radius 2 is 1.93 bits per heavy atom. The predicted molar refractivity (Wildman–Crippen MR) is 104 cm³/mol. The second-order valence-corrected chi connectivity index (χ2v) is 6.27. The molecule has 7 nitrogen and oxygen atoms in total. The van der Waals surface area contributed by atoms with E-state index in [1.807, 2.05) is 55.5 Å². The van der Waals surface area contributed by atoms with Crippen molar-refractivity contribution in [2.24, 2.45) is 0 Å². The quantitative estimate of drug-likeness (QED) is 0.642. The maximum absolute atomic E-state index is 12.4. The molecule has 0 aliphatic rings. The van der Waals surface area contributed by atoms with Crippen LogP contribution < -0.4 is 14.8 Å². The van der Waals surface area contributed by atoms with E-state index in [9.17, 15) is 4.79 Å². The lowest BCUT2D eigenvalue weighted by atomic mass is 10.1. The van der Waals surface area contributed by atoms with E-state index in [-0.39, 0.29) is 18.4 Å². The summed E-state index contributed by atoms with van der Waals surface area (Å²) in [7, 11) is 3.20. The van der Waals surface area contributed by atoms with Gasteiger partial charge in [-0.2, -0.15) is 4.98 Å². The Morgan fingerprint density at radius 3 is 2.64 bits per heavy atom. The molecule has 0 saturated heterocycles. The van der Waals surface area contributed by atoms with Crippen molar-refractivity contribution >= 4 is 5.91 Å². The topological polar surface area (TPSA) is 86.5 Å². The minimum absolute atomic E-state index is 0.114. The monoisotopic (exact) mass is 381 g/mol. The van der Waals surface area contributed by atoms with Gasteiger partial charge in [0.25, 0.3) is 0 Å². The van der Waals surface area contributed by atoms with Crippen molar-refractivity contribution in [1.82, 2.24) is 15.5 Å². The Kier molecular flexibility index (Phi) is 6.26. The smallest absolute Gasteiger partial charge is 0.227 e. The summed E-state index contributed by atoms with van der Waals surface area (Å²) in [6.07, 6.45) is 0.612. The minimum Gasteiger partial charge on any atom is -0.497 e. The van der Waals surface area contributed by atoms with Crippen LogP contribution in [0.3, 0.4) is 0 Å². The third-order valence-corrected chi connectivity index (χ3v) is 4.35. The standard InChI is InChI=1S/C21H23N3O4/c1-14(17-13-16(26-2)9-10-18(17)27-3)22-19(25)11-12-20-23-21(24-28-20)15-7-5-4-6-8-15/h4-10,13-14H,11-12H2,1-3H3,(H,22,25). The molecule has 0 spiro atoms. The molecule has 1 atom stereocenters. The highest BCUT2D eigenvalue weighted by molar-refractivity contribution is 5.76.